The number of ether oxygens (including phenoxy) is 2. The van der Waals surface area contributed by atoms with Gasteiger partial charge >= 0.3 is 12.0 Å². The number of aromatic nitrogens is 3. The monoisotopic (exact) mass is 273 g/mol. The van der Waals surface area contributed by atoms with Gasteiger partial charge in [0.2, 0.25) is 0 Å². The van der Waals surface area contributed by atoms with Gasteiger partial charge in [0.25, 0.3) is 0 Å². The van der Waals surface area contributed by atoms with Crippen molar-refractivity contribution in [3.8, 4) is 11.8 Å². The zero-order valence-corrected chi connectivity index (χ0v) is 11.4. The van der Waals surface area contributed by atoms with E-state index in [1.54, 1.807) is 0 Å². The molecule has 1 saturated heterocycles. The van der Waals surface area contributed by atoms with Crippen LogP contribution in [-0.4, -0.2) is 48.3 Å². The predicted octanol–water partition coefficient (Wildman–Crippen LogP) is 1.63. The zero-order valence-electron chi connectivity index (χ0n) is 11.4. The predicted molar refractivity (Wildman–Crippen MR) is 74.6 cm³/mol. The third-order valence-corrected chi connectivity index (χ3v) is 3.43. The van der Waals surface area contributed by atoms with E-state index in [0.29, 0.717) is 22.2 Å². The van der Waals surface area contributed by atoms with Crippen LogP contribution in [0.2, 0.25) is 0 Å². The van der Waals surface area contributed by atoms with E-state index in [2.05, 4.69) is 22.0 Å². The van der Waals surface area contributed by atoms with Gasteiger partial charge in [0.1, 0.15) is 25.2 Å². The van der Waals surface area contributed by atoms with Crippen molar-refractivity contribution < 1.29 is 9.47 Å². The van der Waals surface area contributed by atoms with Crippen LogP contribution in [-0.2, 0) is 4.74 Å². The van der Waals surface area contributed by atoms with Crippen LogP contribution in [0.15, 0.2) is 36.7 Å². The molecule has 1 aliphatic heterocycles. The lowest BCUT2D eigenvalue weighted by atomic mass is 10.3. The van der Waals surface area contributed by atoms with Crippen LogP contribution in [0, 0.1) is 0 Å². The molecule has 6 heteroatoms. The molecule has 0 saturated carbocycles. The van der Waals surface area contributed by atoms with Crippen molar-refractivity contribution in [3.05, 3.63) is 36.7 Å². The van der Waals surface area contributed by atoms with Crippen molar-refractivity contribution in [2.24, 2.45) is 0 Å². The van der Waals surface area contributed by atoms with E-state index in [1.807, 2.05) is 30.3 Å². The van der Waals surface area contributed by atoms with Crippen LogP contribution in [0.25, 0.3) is 0 Å². The molecule has 20 heavy (non-hydrogen) atoms. The molecular formula is C14H17N4O2+. The molecule has 1 aromatic heterocycles. The van der Waals surface area contributed by atoms with E-state index in [-0.39, 0.29) is 0 Å². The highest BCUT2D eigenvalue weighted by Crippen LogP contribution is 2.21. The Morgan fingerprint density at radius 3 is 2.60 bits per heavy atom. The van der Waals surface area contributed by atoms with Gasteiger partial charge < -0.3 is 9.47 Å². The number of hydrogen-bond acceptors (Lipinski definition) is 5. The first-order valence-electron chi connectivity index (χ1n) is 6.61. The van der Waals surface area contributed by atoms with Crippen molar-refractivity contribution in [1.82, 2.24) is 19.4 Å². The number of morpholine rings is 1. The molecule has 0 unspecified atom stereocenters. The highest BCUT2D eigenvalue weighted by Gasteiger charge is 2.31. The van der Waals surface area contributed by atoms with Crippen molar-refractivity contribution in [2.75, 3.05) is 33.4 Å². The van der Waals surface area contributed by atoms with E-state index in [9.17, 15) is 0 Å². The quantitative estimate of drug-likeness (QED) is 0.796. The number of quaternary nitrogens is 1. The minimum atomic E-state index is 0.326. The van der Waals surface area contributed by atoms with Crippen molar-refractivity contribution >= 4 is 5.95 Å². The van der Waals surface area contributed by atoms with Gasteiger partial charge in [-0.1, -0.05) is 18.2 Å². The summed E-state index contributed by atoms with van der Waals surface area (Å²) >= 11 is 0. The first-order valence-corrected chi connectivity index (χ1v) is 6.61. The molecule has 0 amide bonds. The summed E-state index contributed by atoms with van der Waals surface area (Å²) in [7, 11) is 2.10. The molecule has 2 aromatic rings. The minimum Gasteiger partial charge on any atom is -0.424 e. The van der Waals surface area contributed by atoms with Gasteiger partial charge in [0.05, 0.1) is 20.3 Å². The van der Waals surface area contributed by atoms with Crippen LogP contribution in [0.4, 0.5) is 5.95 Å². The summed E-state index contributed by atoms with van der Waals surface area (Å²) in [5.41, 5.74) is 0. The molecule has 0 atom stereocenters. The summed E-state index contributed by atoms with van der Waals surface area (Å²) in [5.74, 6) is 1.43. The Labute approximate surface area is 117 Å². The Morgan fingerprint density at radius 1 is 1.10 bits per heavy atom. The summed E-state index contributed by atoms with van der Waals surface area (Å²) in [5, 5.41) is 0. The largest absolute Gasteiger partial charge is 0.424 e. The minimum absolute atomic E-state index is 0.326. The van der Waals surface area contributed by atoms with Gasteiger partial charge in [0, 0.05) is 0 Å². The highest BCUT2D eigenvalue weighted by atomic mass is 16.5. The Hall–Kier alpha value is -2.05. The SMILES string of the molecule is C[N+]1(c2ncnc(Oc3ccccc3)n2)CCOCC1. The van der Waals surface area contributed by atoms with Crippen molar-refractivity contribution in [2.45, 2.75) is 0 Å². The molecule has 3 rings (SSSR count). The molecule has 0 spiro atoms. The van der Waals surface area contributed by atoms with Gasteiger partial charge in [-0.2, -0.15) is 9.97 Å². The normalized spacial score (nSPS) is 17.6. The van der Waals surface area contributed by atoms with E-state index in [0.717, 1.165) is 26.3 Å². The Morgan fingerprint density at radius 2 is 1.85 bits per heavy atom. The second-order valence-electron chi connectivity index (χ2n) is 4.94. The molecular weight excluding hydrogens is 256 g/mol. The summed E-state index contributed by atoms with van der Waals surface area (Å²) in [4.78, 5) is 12.8. The lowest BCUT2D eigenvalue weighted by Crippen LogP contribution is -2.54. The van der Waals surface area contributed by atoms with Gasteiger partial charge in [-0.3, -0.25) is 4.48 Å². The van der Waals surface area contributed by atoms with Crippen LogP contribution < -0.4 is 9.22 Å². The number of benzene rings is 1. The van der Waals surface area contributed by atoms with Crippen LogP contribution >= 0.6 is 0 Å². The molecule has 104 valence electrons. The first-order chi connectivity index (χ1) is 9.76. The van der Waals surface area contributed by atoms with E-state index >= 15 is 0 Å². The second kappa shape index (κ2) is 5.52. The average Bonchev–Trinajstić information content (AvgIpc) is 2.49. The average molecular weight is 273 g/mol. The van der Waals surface area contributed by atoms with Gasteiger partial charge in [-0.05, 0) is 12.1 Å². The summed E-state index contributed by atoms with van der Waals surface area (Å²) in [6.07, 6.45) is 1.50. The third-order valence-electron chi connectivity index (χ3n) is 3.43. The lowest BCUT2D eigenvalue weighted by Gasteiger charge is -2.34. The molecule has 0 N–H and O–H groups in total. The fraction of sp³-hybridized carbons (Fsp3) is 0.357. The summed E-state index contributed by atoms with van der Waals surface area (Å²) in [6, 6.07) is 9.82. The van der Waals surface area contributed by atoms with Crippen LogP contribution in [0.3, 0.4) is 0 Å². The molecule has 0 radical (unpaired) electrons. The number of para-hydroxylation sites is 1. The maximum Gasteiger partial charge on any atom is 0.335 e. The van der Waals surface area contributed by atoms with Gasteiger partial charge in [-0.25, -0.2) is 0 Å². The Balaban J connectivity index is 1.82. The number of nitrogens with zero attached hydrogens (tertiary/aromatic N) is 4. The molecule has 1 aromatic carbocycles. The highest BCUT2D eigenvalue weighted by molar-refractivity contribution is 5.28. The molecule has 1 aliphatic rings. The van der Waals surface area contributed by atoms with E-state index in [4.69, 9.17) is 9.47 Å². The third kappa shape index (κ3) is 2.76. The summed E-state index contributed by atoms with van der Waals surface area (Å²) in [6.45, 7) is 3.15. The van der Waals surface area contributed by atoms with Crippen LogP contribution in [0.1, 0.15) is 0 Å². The van der Waals surface area contributed by atoms with Crippen molar-refractivity contribution in [3.63, 3.8) is 0 Å². The van der Waals surface area contributed by atoms with E-state index < -0.39 is 0 Å². The number of rotatable bonds is 3. The molecule has 1 fully saturated rings. The Bertz CT molecular complexity index is 570. The fourth-order valence-electron chi connectivity index (χ4n) is 2.12. The second-order valence-corrected chi connectivity index (χ2v) is 4.94. The lowest BCUT2D eigenvalue weighted by molar-refractivity contribution is 0.0493. The molecule has 0 aliphatic carbocycles. The zero-order chi connectivity index (χ0) is 13.8. The number of likely N-dealkylation sites (N-methyl/N-ethyl adjacent to an activating group) is 1. The van der Waals surface area contributed by atoms with Crippen molar-refractivity contribution in [1.29, 1.82) is 0 Å². The molecule has 6 nitrogen and oxygen atoms in total. The smallest absolute Gasteiger partial charge is 0.335 e. The van der Waals surface area contributed by atoms with Gasteiger partial charge in [0.15, 0.2) is 0 Å². The Kier molecular flexibility index (Phi) is 3.58. The molecule has 0 bridgehead atoms. The maximum atomic E-state index is 5.65. The molecule has 2 heterocycles. The standard InChI is InChI=1S/C14H17N4O2/c1-18(7-9-19-10-8-18)13-15-11-16-14(17-13)20-12-5-3-2-4-6-12/h2-6,11H,7-10H2,1H3/q+1. The maximum absolute atomic E-state index is 5.65. The topological polar surface area (TPSA) is 57.1 Å². The van der Waals surface area contributed by atoms with Gasteiger partial charge in [-0.15, -0.1) is 4.98 Å². The van der Waals surface area contributed by atoms with Crippen LogP contribution in [0.5, 0.6) is 11.8 Å². The summed E-state index contributed by atoms with van der Waals surface area (Å²) < 4.78 is 11.7. The number of hydrogen-bond donors (Lipinski definition) is 0. The first kappa shape index (κ1) is 13.0. The van der Waals surface area contributed by atoms with E-state index in [1.165, 1.54) is 6.33 Å². The fourth-order valence-corrected chi connectivity index (χ4v) is 2.12.